The number of nitrogens with zero attached hydrogens (tertiary/aromatic N) is 1. The first-order valence-corrected chi connectivity index (χ1v) is 11.2. The van der Waals surface area contributed by atoms with Gasteiger partial charge in [0.15, 0.2) is 0 Å². The zero-order valence-electron chi connectivity index (χ0n) is 18.3. The number of aryl methyl sites for hydroxylation is 1. The normalized spacial score (nSPS) is 15.4. The Labute approximate surface area is 180 Å². The van der Waals surface area contributed by atoms with Crippen molar-refractivity contribution in [2.75, 3.05) is 6.54 Å². The van der Waals surface area contributed by atoms with Crippen LogP contribution in [0.2, 0.25) is 0 Å². The minimum absolute atomic E-state index is 0.000998. The molecule has 160 valence electrons. The van der Waals surface area contributed by atoms with Gasteiger partial charge in [-0.2, -0.15) is 0 Å². The fourth-order valence-corrected chi connectivity index (χ4v) is 4.12. The fraction of sp³-hybridized carbons (Fsp3) is 0.462. The van der Waals surface area contributed by atoms with E-state index in [-0.39, 0.29) is 17.9 Å². The molecule has 1 atom stereocenters. The predicted molar refractivity (Wildman–Crippen MR) is 121 cm³/mol. The Morgan fingerprint density at radius 1 is 0.967 bits per heavy atom. The van der Waals surface area contributed by atoms with Crippen LogP contribution in [0.5, 0.6) is 0 Å². The third kappa shape index (κ3) is 6.45. The van der Waals surface area contributed by atoms with Gasteiger partial charge in [0, 0.05) is 12.6 Å². The van der Waals surface area contributed by atoms with Crippen LogP contribution in [0.1, 0.15) is 55.7 Å². The van der Waals surface area contributed by atoms with Crippen molar-refractivity contribution in [1.82, 2.24) is 10.2 Å². The number of benzene rings is 2. The Hall–Kier alpha value is -2.62. The summed E-state index contributed by atoms with van der Waals surface area (Å²) in [5.41, 5.74) is 3.33. The van der Waals surface area contributed by atoms with Gasteiger partial charge in [-0.25, -0.2) is 0 Å². The van der Waals surface area contributed by atoms with E-state index in [9.17, 15) is 9.59 Å². The van der Waals surface area contributed by atoms with Crippen LogP contribution in [0.25, 0.3) is 0 Å². The second-order valence-electron chi connectivity index (χ2n) is 8.50. The Bertz CT molecular complexity index is 811. The van der Waals surface area contributed by atoms with Crippen LogP contribution in [0.4, 0.5) is 0 Å². The van der Waals surface area contributed by atoms with E-state index in [0.717, 1.165) is 24.8 Å². The molecule has 1 aliphatic carbocycles. The first-order chi connectivity index (χ1) is 14.5. The van der Waals surface area contributed by atoms with Crippen molar-refractivity contribution in [3.8, 4) is 0 Å². The third-order valence-electron chi connectivity index (χ3n) is 6.08. The highest BCUT2D eigenvalue weighted by atomic mass is 16.2. The quantitative estimate of drug-likeness (QED) is 0.704. The van der Waals surface area contributed by atoms with Gasteiger partial charge in [0.2, 0.25) is 11.8 Å². The summed E-state index contributed by atoms with van der Waals surface area (Å²) in [5, 5.41) is 3.19. The average Bonchev–Trinajstić information content (AvgIpc) is 2.77. The van der Waals surface area contributed by atoms with Crippen LogP contribution in [0.3, 0.4) is 0 Å². The number of hydrogen-bond donors (Lipinski definition) is 1. The second kappa shape index (κ2) is 11.0. The van der Waals surface area contributed by atoms with Crippen molar-refractivity contribution in [1.29, 1.82) is 0 Å². The maximum atomic E-state index is 13.2. The van der Waals surface area contributed by atoms with Crippen LogP contribution in [0, 0.1) is 6.92 Å². The molecule has 0 saturated heterocycles. The molecule has 1 fully saturated rings. The van der Waals surface area contributed by atoms with Crippen molar-refractivity contribution in [3.05, 3.63) is 71.3 Å². The molecule has 0 aromatic heterocycles. The molecule has 0 bridgehead atoms. The molecule has 2 aromatic carbocycles. The molecule has 2 aromatic rings. The van der Waals surface area contributed by atoms with Crippen molar-refractivity contribution >= 4 is 11.8 Å². The van der Waals surface area contributed by atoms with E-state index in [0.29, 0.717) is 13.0 Å². The molecule has 30 heavy (non-hydrogen) atoms. The highest BCUT2D eigenvalue weighted by Crippen LogP contribution is 2.18. The second-order valence-corrected chi connectivity index (χ2v) is 8.50. The number of carbonyl (C=O) groups excluding carboxylic acids is 2. The lowest BCUT2D eigenvalue weighted by Crippen LogP contribution is -2.51. The topological polar surface area (TPSA) is 49.4 Å². The lowest BCUT2D eigenvalue weighted by atomic mass is 9.95. The molecular weight excluding hydrogens is 372 g/mol. The first kappa shape index (κ1) is 22.1. The minimum atomic E-state index is -0.478. The van der Waals surface area contributed by atoms with Crippen LogP contribution in [-0.4, -0.2) is 35.3 Å². The summed E-state index contributed by atoms with van der Waals surface area (Å²) in [7, 11) is 0. The van der Waals surface area contributed by atoms with Crippen molar-refractivity contribution < 1.29 is 9.59 Å². The van der Waals surface area contributed by atoms with E-state index in [1.807, 2.05) is 56.3 Å². The zero-order chi connectivity index (χ0) is 21.3. The van der Waals surface area contributed by atoms with E-state index >= 15 is 0 Å². The zero-order valence-corrected chi connectivity index (χ0v) is 18.3. The van der Waals surface area contributed by atoms with Gasteiger partial charge >= 0.3 is 0 Å². The molecule has 2 amide bonds. The van der Waals surface area contributed by atoms with E-state index in [1.54, 1.807) is 4.90 Å². The molecule has 1 saturated carbocycles. The molecular formula is C26H34N2O2. The average molecular weight is 407 g/mol. The summed E-state index contributed by atoms with van der Waals surface area (Å²) < 4.78 is 0. The first-order valence-electron chi connectivity index (χ1n) is 11.2. The van der Waals surface area contributed by atoms with E-state index < -0.39 is 6.04 Å². The highest BCUT2D eigenvalue weighted by molar-refractivity contribution is 5.88. The lowest BCUT2D eigenvalue weighted by molar-refractivity contribution is -0.139. The smallest absolute Gasteiger partial charge is 0.242 e. The van der Waals surface area contributed by atoms with Crippen molar-refractivity contribution in [2.24, 2.45) is 0 Å². The van der Waals surface area contributed by atoms with Gasteiger partial charge < -0.3 is 10.2 Å². The highest BCUT2D eigenvalue weighted by Gasteiger charge is 2.27. The summed E-state index contributed by atoms with van der Waals surface area (Å²) in [6.45, 7) is 4.43. The molecule has 0 heterocycles. The molecule has 1 N–H and O–H groups in total. The van der Waals surface area contributed by atoms with E-state index in [2.05, 4.69) is 17.4 Å². The number of hydrogen-bond acceptors (Lipinski definition) is 2. The van der Waals surface area contributed by atoms with E-state index in [4.69, 9.17) is 0 Å². The molecule has 4 heteroatoms. The number of rotatable bonds is 8. The summed E-state index contributed by atoms with van der Waals surface area (Å²) >= 11 is 0. The number of amides is 2. The van der Waals surface area contributed by atoms with Gasteiger partial charge in [-0.05, 0) is 44.2 Å². The molecule has 4 nitrogen and oxygen atoms in total. The van der Waals surface area contributed by atoms with Crippen LogP contribution < -0.4 is 5.32 Å². The fourth-order valence-electron chi connectivity index (χ4n) is 4.12. The Morgan fingerprint density at radius 3 is 2.30 bits per heavy atom. The predicted octanol–water partition coefficient (Wildman–Crippen LogP) is 4.45. The van der Waals surface area contributed by atoms with Gasteiger partial charge in [-0.3, -0.25) is 9.59 Å². The van der Waals surface area contributed by atoms with Crippen molar-refractivity contribution in [3.63, 3.8) is 0 Å². The lowest BCUT2D eigenvalue weighted by Gasteiger charge is -2.31. The Kier molecular flexibility index (Phi) is 8.06. The number of nitrogens with one attached hydrogen (secondary N) is 1. The summed E-state index contributed by atoms with van der Waals surface area (Å²) in [6.07, 6.45) is 6.73. The van der Waals surface area contributed by atoms with Crippen LogP contribution in [-0.2, 0) is 22.4 Å². The maximum Gasteiger partial charge on any atom is 0.242 e. The third-order valence-corrected chi connectivity index (χ3v) is 6.08. The molecule has 3 rings (SSSR count). The van der Waals surface area contributed by atoms with E-state index in [1.165, 1.54) is 30.4 Å². The molecule has 0 radical (unpaired) electrons. The van der Waals surface area contributed by atoms with Crippen LogP contribution >= 0.6 is 0 Å². The van der Waals surface area contributed by atoms with Gasteiger partial charge in [0.25, 0.3) is 0 Å². The molecule has 0 aliphatic heterocycles. The summed E-state index contributed by atoms with van der Waals surface area (Å²) in [6, 6.07) is 17.9. The van der Waals surface area contributed by atoms with Gasteiger partial charge in [0.1, 0.15) is 6.04 Å². The van der Waals surface area contributed by atoms with Gasteiger partial charge in [-0.15, -0.1) is 0 Å². The molecule has 0 spiro atoms. The van der Waals surface area contributed by atoms with Crippen molar-refractivity contribution in [2.45, 2.75) is 70.9 Å². The SMILES string of the molecule is Cc1ccc(CC(=O)N(CCc2ccccc2)[C@@H](C)C(=O)NC2CCCCC2)cc1. The largest absolute Gasteiger partial charge is 0.352 e. The van der Waals surface area contributed by atoms with Gasteiger partial charge in [-0.1, -0.05) is 79.4 Å². The molecule has 1 aliphatic rings. The Balaban J connectivity index is 1.68. The Morgan fingerprint density at radius 2 is 1.63 bits per heavy atom. The minimum Gasteiger partial charge on any atom is -0.352 e. The summed E-state index contributed by atoms with van der Waals surface area (Å²) in [4.78, 5) is 27.9. The monoisotopic (exact) mass is 406 g/mol. The maximum absolute atomic E-state index is 13.2. The number of carbonyl (C=O) groups is 2. The van der Waals surface area contributed by atoms with Gasteiger partial charge in [0.05, 0.1) is 6.42 Å². The van der Waals surface area contributed by atoms with Crippen LogP contribution in [0.15, 0.2) is 54.6 Å². The standard InChI is InChI=1S/C26H34N2O2/c1-20-13-15-23(16-14-20)19-25(29)28(18-17-22-9-5-3-6-10-22)21(2)26(30)27-24-11-7-4-8-12-24/h3,5-6,9-10,13-16,21,24H,4,7-8,11-12,17-19H2,1-2H3,(H,27,30)/t21-/m0/s1. The summed E-state index contributed by atoms with van der Waals surface area (Å²) in [5.74, 6) is -0.0340. The molecule has 0 unspecified atom stereocenters.